The second-order valence-corrected chi connectivity index (χ2v) is 2.94. The lowest BCUT2D eigenvalue weighted by Crippen LogP contribution is -2.40. The van der Waals surface area contributed by atoms with Crippen LogP contribution in [0.4, 0.5) is 0 Å². The van der Waals surface area contributed by atoms with Gasteiger partial charge in [-0.3, -0.25) is 0 Å². The summed E-state index contributed by atoms with van der Waals surface area (Å²) in [4.78, 5) is 0. The van der Waals surface area contributed by atoms with Gasteiger partial charge in [0, 0.05) is 7.11 Å². The maximum Gasteiger partial charge on any atom is 0.186 e. The van der Waals surface area contributed by atoms with E-state index in [1.54, 1.807) is 0 Å². The van der Waals surface area contributed by atoms with Gasteiger partial charge in [-0.05, 0) is 0 Å². The van der Waals surface area contributed by atoms with Crippen LogP contribution in [0.5, 0.6) is 0 Å². The lowest BCUT2D eigenvalue weighted by Gasteiger charge is -2.18. The molecule has 0 unspecified atom stereocenters. The molecule has 6 nitrogen and oxygen atoms in total. The average Bonchev–Trinajstić information content (AvgIpc) is 2.43. The predicted octanol–water partition coefficient (Wildman–Crippen LogP) is -2.57. The van der Waals surface area contributed by atoms with Gasteiger partial charge in [0.25, 0.3) is 0 Å². The molecule has 1 fully saturated rings. The predicted molar refractivity (Wildman–Crippen MR) is 40.8 cm³/mol. The Morgan fingerprint density at radius 1 is 1.38 bits per heavy atom. The monoisotopic (exact) mass is 194 g/mol. The summed E-state index contributed by atoms with van der Waals surface area (Å²) in [5.74, 6) is 0. The van der Waals surface area contributed by atoms with Crippen molar-refractivity contribution in [1.82, 2.24) is 0 Å². The number of hydrogen-bond acceptors (Lipinski definition) is 6. The molecule has 0 aromatic rings. The summed E-state index contributed by atoms with van der Waals surface area (Å²) in [7, 11) is 1.31. The van der Waals surface area contributed by atoms with Crippen LogP contribution < -0.4 is 0 Å². The summed E-state index contributed by atoms with van der Waals surface area (Å²) in [5.41, 5.74) is 0. The van der Waals surface area contributed by atoms with Crippen LogP contribution in [-0.2, 0) is 9.47 Å². The molecule has 1 heterocycles. The Bertz CT molecular complexity index is 163. The van der Waals surface area contributed by atoms with E-state index >= 15 is 0 Å². The van der Waals surface area contributed by atoms with Gasteiger partial charge in [0.05, 0.1) is 6.61 Å². The van der Waals surface area contributed by atoms with Crippen molar-refractivity contribution >= 4 is 0 Å². The summed E-state index contributed by atoms with van der Waals surface area (Å²) in [6.45, 7) is -0.537. The zero-order valence-corrected chi connectivity index (χ0v) is 7.20. The maximum atomic E-state index is 9.33. The van der Waals surface area contributed by atoms with Gasteiger partial charge in [-0.25, -0.2) is 0 Å². The van der Waals surface area contributed by atoms with E-state index in [0.29, 0.717) is 0 Å². The number of ether oxygens (including phenoxy) is 2. The van der Waals surface area contributed by atoms with Gasteiger partial charge in [0.2, 0.25) is 0 Å². The molecule has 78 valence electrons. The molecule has 1 saturated heterocycles. The molecule has 4 N–H and O–H groups in total. The molecule has 0 radical (unpaired) electrons. The highest BCUT2D eigenvalue weighted by Crippen LogP contribution is 2.23. The molecule has 0 amide bonds. The van der Waals surface area contributed by atoms with Gasteiger partial charge in [-0.2, -0.15) is 0 Å². The van der Waals surface area contributed by atoms with E-state index in [4.69, 9.17) is 19.7 Å². The van der Waals surface area contributed by atoms with Gasteiger partial charge in [-0.1, -0.05) is 0 Å². The third-order valence-corrected chi connectivity index (χ3v) is 2.06. The third-order valence-electron chi connectivity index (χ3n) is 2.06. The fourth-order valence-corrected chi connectivity index (χ4v) is 1.29. The number of aliphatic hydroxyl groups is 4. The quantitative estimate of drug-likeness (QED) is 0.394. The van der Waals surface area contributed by atoms with E-state index in [2.05, 4.69) is 0 Å². The van der Waals surface area contributed by atoms with Crippen molar-refractivity contribution < 1.29 is 29.9 Å². The van der Waals surface area contributed by atoms with Crippen molar-refractivity contribution in [3.05, 3.63) is 0 Å². The normalized spacial score (nSPS) is 42.2. The molecule has 5 atom stereocenters. The van der Waals surface area contributed by atoms with Gasteiger partial charge < -0.3 is 29.9 Å². The van der Waals surface area contributed by atoms with Gasteiger partial charge in [-0.15, -0.1) is 0 Å². The standard InChI is InChI=1S/C7H14O6/c1-12-7-5(11)4(10)6(13-7)3(9)2-8/h3-11H,2H2,1H3/t3-,4+,5-,6-,7-/m0/s1. The third kappa shape index (κ3) is 1.98. The topological polar surface area (TPSA) is 99.4 Å². The van der Waals surface area contributed by atoms with E-state index < -0.39 is 37.3 Å². The highest BCUT2D eigenvalue weighted by atomic mass is 16.7. The van der Waals surface area contributed by atoms with Crippen molar-refractivity contribution in [2.24, 2.45) is 0 Å². The number of rotatable bonds is 3. The summed E-state index contributed by atoms with van der Waals surface area (Å²) < 4.78 is 9.65. The number of aliphatic hydroxyl groups excluding tert-OH is 4. The lowest BCUT2D eigenvalue weighted by molar-refractivity contribution is -0.166. The molecular weight excluding hydrogens is 180 g/mol. The van der Waals surface area contributed by atoms with Crippen LogP contribution >= 0.6 is 0 Å². The highest BCUT2D eigenvalue weighted by Gasteiger charge is 2.45. The Balaban J connectivity index is 2.60. The van der Waals surface area contributed by atoms with Crippen LogP contribution in [0.1, 0.15) is 0 Å². The Labute approximate surface area is 75.3 Å². The second kappa shape index (κ2) is 4.32. The van der Waals surface area contributed by atoms with Gasteiger partial charge >= 0.3 is 0 Å². The fraction of sp³-hybridized carbons (Fsp3) is 1.00. The van der Waals surface area contributed by atoms with Crippen molar-refractivity contribution in [2.45, 2.75) is 30.7 Å². The molecule has 1 rings (SSSR count). The van der Waals surface area contributed by atoms with Crippen LogP contribution in [0.25, 0.3) is 0 Å². The molecule has 0 saturated carbocycles. The Morgan fingerprint density at radius 3 is 2.38 bits per heavy atom. The van der Waals surface area contributed by atoms with Crippen LogP contribution in [0.2, 0.25) is 0 Å². The minimum atomic E-state index is -1.24. The van der Waals surface area contributed by atoms with Crippen molar-refractivity contribution in [2.75, 3.05) is 13.7 Å². The minimum Gasteiger partial charge on any atom is -0.394 e. The van der Waals surface area contributed by atoms with Gasteiger partial charge in [0.1, 0.15) is 24.4 Å². The first kappa shape index (κ1) is 10.8. The number of methoxy groups -OCH3 is 1. The molecule has 13 heavy (non-hydrogen) atoms. The van der Waals surface area contributed by atoms with Crippen molar-refractivity contribution in [3.8, 4) is 0 Å². The van der Waals surface area contributed by atoms with Crippen molar-refractivity contribution in [1.29, 1.82) is 0 Å². The first-order chi connectivity index (χ1) is 6.11. The molecule has 0 bridgehead atoms. The van der Waals surface area contributed by atoms with Gasteiger partial charge in [0.15, 0.2) is 6.29 Å². The number of hydrogen-bond donors (Lipinski definition) is 4. The lowest BCUT2D eigenvalue weighted by atomic mass is 10.1. The molecule has 1 aliphatic rings. The van der Waals surface area contributed by atoms with Crippen LogP contribution in [0.3, 0.4) is 0 Å². The molecule has 1 aliphatic heterocycles. The Hall–Kier alpha value is -0.240. The molecular formula is C7H14O6. The van der Waals surface area contributed by atoms with Crippen LogP contribution in [-0.4, -0.2) is 64.8 Å². The van der Waals surface area contributed by atoms with E-state index in [0.717, 1.165) is 0 Å². The maximum absolute atomic E-state index is 9.33. The van der Waals surface area contributed by atoms with Crippen LogP contribution in [0.15, 0.2) is 0 Å². The molecule has 0 aliphatic carbocycles. The smallest absolute Gasteiger partial charge is 0.186 e. The minimum absolute atomic E-state index is 0.537. The molecule has 0 spiro atoms. The molecule has 0 aromatic carbocycles. The second-order valence-electron chi connectivity index (χ2n) is 2.94. The zero-order valence-electron chi connectivity index (χ0n) is 7.20. The van der Waals surface area contributed by atoms with Crippen LogP contribution in [0, 0.1) is 0 Å². The fourth-order valence-electron chi connectivity index (χ4n) is 1.29. The summed E-state index contributed by atoms with van der Waals surface area (Å²) in [6, 6.07) is 0. The first-order valence-electron chi connectivity index (χ1n) is 3.95. The summed E-state index contributed by atoms with van der Waals surface area (Å²) in [5, 5.41) is 36.4. The van der Waals surface area contributed by atoms with E-state index in [1.807, 2.05) is 0 Å². The molecule has 0 aromatic heterocycles. The SMILES string of the molecule is CO[C@H]1O[C@@H]([C@@H](O)CO)[C@H](O)[C@@H]1O. The van der Waals surface area contributed by atoms with E-state index in [-0.39, 0.29) is 0 Å². The average molecular weight is 194 g/mol. The first-order valence-corrected chi connectivity index (χ1v) is 3.95. The Kier molecular flexibility index (Phi) is 3.60. The Morgan fingerprint density at radius 2 is 2.00 bits per heavy atom. The molecule has 6 heteroatoms. The van der Waals surface area contributed by atoms with E-state index in [1.165, 1.54) is 7.11 Å². The summed E-state index contributed by atoms with van der Waals surface area (Å²) >= 11 is 0. The largest absolute Gasteiger partial charge is 0.394 e. The van der Waals surface area contributed by atoms with Crippen molar-refractivity contribution in [3.63, 3.8) is 0 Å². The van der Waals surface area contributed by atoms with E-state index in [9.17, 15) is 10.2 Å². The zero-order chi connectivity index (χ0) is 10.0. The summed E-state index contributed by atoms with van der Waals surface area (Å²) in [6.07, 6.45) is -5.63. The highest BCUT2D eigenvalue weighted by molar-refractivity contribution is 4.90.